The molecule has 1 amide bonds. The zero-order valence-electron chi connectivity index (χ0n) is 19.0. The van der Waals surface area contributed by atoms with Crippen LogP contribution < -0.4 is 15.4 Å². The topological polar surface area (TPSA) is 94.0 Å². The van der Waals surface area contributed by atoms with E-state index in [1.54, 1.807) is 41.3 Å². The Labute approximate surface area is 206 Å². The van der Waals surface area contributed by atoms with Gasteiger partial charge < -0.3 is 15.4 Å². The highest BCUT2D eigenvalue weighted by atomic mass is 19.1. The smallest absolute Gasteiger partial charge is 0.277 e. The third kappa shape index (κ3) is 5.71. The van der Waals surface area contributed by atoms with Crippen molar-refractivity contribution in [3.05, 3.63) is 120 Å². The number of carbonyl (C=O) groups excluding carboxylic acids is 1. The predicted molar refractivity (Wildman–Crippen MR) is 134 cm³/mol. The van der Waals surface area contributed by atoms with Crippen LogP contribution in [0.3, 0.4) is 0 Å². The molecule has 0 atom stereocenters. The van der Waals surface area contributed by atoms with Crippen LogP contribution in [0.25, 0.3) is 0 Å². The number of para-hydroxylation sites is 1. The van der Waals surface area contributed by atoms with Crippen LogP contribution in [0.2, 0.25) is 0 Å². The van der Waals surface area contributed by atoms with Crippen molar-refractivity contribution >= 4 is 23.1 Å². The van der Waals surface area contributed by atoms with Crippen molar-refractivity contribution in [1.29, 1.82) is 0 Å². The van der Waals surface area contributed by atoms with E-state index in [0.29, 0.717) is 29.5 Å². The van der Waals surface area contributed by atoms with E-state index in [4.69, 9.17) is 4.74 Å². The van der Waals surface area contributed by atoms with Gasteiger partial charge in [-0.2, -0.15) is 0 Å². The summed E-state index contributed by atoms with van der Waals surface area (Å²) in [6.07, 6.45) is 3.16. The fourth-order valence-corrected chi connectivity index (χ4v) is 3.46. The van der Waals surface area contributed by atoms with Crippen molar-refractivity contribution in [2.45, 2.75) is 6.54 Å². The molecule has 5 aromatic rings. The SMILES string of the molecule is O=C(Nc1cccnc1Nc1ccc(F)cc1)c1cn(Cc2cccc(Oc3ccccc3)c2)nn1. The minimum absolute atomic E-state index is 0.156. The molecule has 0 unspecified atom stereocenters. The van der Waals surface area contributed by atoms with Gasteiger partial charge in [0.2, 0.25) is 0 Å². The van der Waals surface area contributed by atoms with E-state index in [-0.39, 0.29) is 11.5 Å². The average molecular weight is 481 g/mol. The molecule has 2 aromatic heterocycles. The van der Waals surface area contributed by atoms with Gasteiger partial charge in [0, 0.05) is 11.9 Å². The van der Waals surface area contributed by atoms with Crippen molar-refractivity contribution in [1.82, 2.24) is 20.0 Å². The van der Waals surface area contributed by atoms with Crippen molar-refractivity contribution in [3.8, 4) is 11.5 Å². The molecule has 2 heterocycles. The third-order valence-corrected chi connectivity index (χ3v) is 5.16. The number of nitrogens with one attached hydrogen (secondary N) is 2. The fourth-order valence-electron chi connectivity index (χ4n) is 3.46. The summed E-state index contributed by atoms with van der Waals surface area (Å²) < 4.78 is 20.7. The minimum Gasteiger partial charge on any atom is -0.457 e. The number of anilines is 3. The average Bonchev–Trinajstić information content (AvgIpc) is 3.36. The van der Waals surface area contributed by atoms with Crippen LogP contribution in [0.5, 0.6) is 11.5 Å². The Morgan fingerprint density at radius 1 is 0.917 bits per heavy atom. The monoisotopic (exact) mass is 480 g/mol. The molecule has 8 nitrogen and oxygen atoms in total. The molecule has 36 heavy (non-hydrogen) atoms. The molecular formula is C27H21FN6O2. The normalized spacial score (nSPS) is 10.6. The second-order valence-electron chi connectivity index (χ2n) is 7.85. The number of nitrogens with zero attached hydrogens (tertiary/aromatic N) is 4. The second-order valence-corrected chi connectivity index (χ2v) is 7.85. The lowest BCUT2D eigenvalue weighted by molar-refractivity contribution is 0.102. The Morgan fingerprint density at radius 3 is 2.56 bits per heavy atom. The first-order valence-corrected chi connectivity index (χ1v) is 11.1. The Bertz CT molecular complexity index is 1470. The number of halogens is 1. The number of aromatic nitrogens is 4. The number of amides is 1. The maximum Gasteiger partial charge on any atom is 0.277 e. The molecule has 0 fully saturated rings. The highest BCUT2D eigenvalue weighted by Gasteiger charge is 2.14. The largest absolute Gasteiger partial charge is 0.457 e. The molecule has 0 bridgehead atoms. The van der Waals surface area contributed by atoms with Gasteiger partial charge in [0.1, 0.15) is 17.3 Å². The Morgan fingerprint density at radius 2 is 1.72 bits per heavy atom. The summed E-state index contributed by atoms with van der Waals surface area (Å²) in [5.41, 5.74) is 2.18. The summed E-state index contributed by atoms with van der Waals surface area (Å²) in [5, 5.41) is 14.0. The maximum atomic E-state index is 13.2. The minimum atomic E-state index is -0.433. The lowest BCUT2D eigenvalue weighted by atomic mass is 10.2. The van der Waals surface area contributed by atoms with Gasteiger partial charge in [-0.05, 0) is 66.2 Å². The summed E-state index contributed by atoms with van der Waals surface area (Å²) in [6, 6.07) is 26.4. The number of pyridine rings is 1. The highest BCUT2D eigenvalue weighted by Crippen LogP contribution is 2.24. The molecule has 0 spiro atoms. The van der Waals surface area contributed by atoms with E-state index < -0.39 is 5.91 Å². The fraction of sp³-hybridized carbons (Fsp3) is 0.0370. The highest BCUT2D eigenvalue weighted by molar-refractivity contribution is 6.04. The number of benzene rings is 3. The molecule has 0 aliphatic heterocycles. The molecule has 178 valence electrons. The van der Waals surface area contributed by atoms with Gasteiger partial charge in [0.15, 0.2) is 11.5 Å². The predicted octanol–water partition coefficient (Wildman–Crippen LogP) is 5.65. The van der Waals surface area contributed by atoms with Crippen LogP contribution in [0.15, 0.2) is 103 Å². The second kappa shape index (κ2) is 10.5. The number of carbonyl (C=O) groups is 1. The van der Waals surface area contributed by atoms with Gasteiger partial charge in [-0.15, -0.1) is 5.10 Å². The van der Waals surface area contributed by atoms with Crippen LogP contribution in [-0.2, 0) is 6.54 Å². The van der Waals surface area contributed by atoms with Crippen LogP contribution in [0.1, 0.15) is 16.1 Å². The number of rotatable bonds is 8. The molecule has 0 aliphatic rings. The van der Waals surface area contributed by atoms with E-state index in [1.807, 2.05) is 54.6 Å². The first-order chi connectivity index (χ1) is 17.6. The number of hydrogen-bond acceptors (Lipinski definition) is 6. The van der Waals surface area contributed by atoms with E-state index >= 15 is 0 Å². The van der Waals surface area contributed by atoms with E-state index in [1.165, 1.54) is 12.1 Å². The summed E-state index contributed by atoms with van der Waals surface area (Å²) in [5.74, 6) is 1.10. The first kappa shape index (κ1) is 22.7. The lowest BCUT2D eigenvalue weighted by Crippen LogP contribution is -2.14. The lowest BCUT2D eigenvalue weighted by Gasteiger charge is -2.11. The molecule has 3 aromatic carbocycles. The van der Waals surface area contributed by atoms with Gasteiger partial charge in [-0.25, -0.2) is 14.1 Å². The van der Waals surface area contributed by atoms with Crippen molar-refractivity contribution in [3.63, 3.8) is 0 Å². The molecule has 0 saturated carbocycles. The van der Waals surface area contributed by atoms with Crippen LogP contribution >= 0.6 is 0 Å². The quantitative estimate of drug-likeness (QED) is 0.298. The van der Waals surface area contributed by atoms with E-state index in [0.717, 1.165) is 11.3 Å². The third-order valence-electron chi connectivity index (χ3n) is 5.16. The Kier molecular flexibility index (Phi) is 6.61. The molecule has 2 N–H and O–H groups in total. The molecule has 9 heteroatoms. The first-order valence-electron chi connectivity index (χ1n) is 11.1. The summed E-state index contributed by atoms with van der Waals surface area (Å²) in [6.45, 7) is 0.413. The maximum absolute atomic E-state index is 13.2. The molecule has 0 radical (unpaired) electrons. The van der Waals surface area contributed by atoms with Gasteiger partial charge in [0.25, 0.3) is 5.91 Å². The number of hydrogen-bond donors (Lipinski definition) is 2. The van der Waals surface area contributed by atoms with Crippen LogP contribution in [0.4, 0.5) is 21.6 Å². The van der Waals surface area contributed by atoms with E-state index in [2.05, 4.69) is 25.9 Å². The van der Waals surface area contributed by atoms with Gasteiger partial charge in [0.05, 0.1) is 18.4 Å². The molecule has 0 aliphatic carbocycles. The Balaban J connectivity index is 1.25. The Hall–Kier alpha value is -5.05. The van der Waals surface area contributed by atoms with Gasteiger partial charge in [-0.1, -0.05) is 35.5 Å². The van der Waals surface area contributed by atoms with Crippen LogP contribution in [0, 0.1) is 5.82 Å². The van der Waals surface area contributed by atoms with Crippen molar-refractivity contribution in [2.24, 2.45) is 0 Å². The zero-order valence-corrected chi connectivity index (χ0v) is 19.0. The summed E-state index contributed by atoms with van der Waals surface area (Å²) in [4.78, 5) is 17.1. The van der Waals surface area contributed by atoms with Gasteiger partial charge >= 0.3 is 0 Å². The van der Waals surface area contributed by atoms with Gasteiger partial charge in [-0.3, -0.25) is 4.79 Å². The molecular weight excluding hydrogens is 459 g/mol. The van der Waals surface area contributed by atoms with Crippen molar-refractivity contribution in [2.75, 3.05) is 10.6 Å². The zero-order chi connectivity index (χ0) is 24.7. The summed E-state index contributed by atoms with van der Waals surface area (Å²) in [7, 11) is 0. The summed E-state index contributed by atoms with van der Waals surface area (Å²) >= 11 is 0. The van der Waals surface area contributed by atoms with E-state index in [9.17, 15) is 9.18 Å². The molecule has 0 saturated heterocycles. The standard InChI is InChI=1S/C27H21FN6O2/c28-20-11-13-21(14-12-20)30-26-24(10-5-15-29-26)31-27(35)25-18-34(33-32-25)17-19-6-4-9-23(16-19)36-22-7-2-1-3-8-22/h1-16,18H,17H2,(H,29,30)(H,31,35). The number of ether oxygens (including phenoxy) is 1. The molecule has 5 rings (SSSR count). The van der Waals surface area contributed by atoms with Crippen LogP contribution in [-0.4, -0.2) is 25.9 Å². The van der Waals surface area contributed by atoms with Crippen molar-refractivity contribution < 1.29 is 13.9 Å².